The molecule has 0 bridgehead atoms. The first kappa shape index (κ1) is 15.3. The SMILES string of the molecule is COc1ccnc(CNCCc2cccc(F)c2)c1OC. The van der Waals surface area contributed by atoms with Crippen molar-refractivity contribution < 1.29 is 13.9 Å². The Hall–Kier alpha value is -2.14. The molecule has 0 saturated carbocycles. The number of hydrogen-bond donors (Lipinski definition) is 1. The minimum Gasteiger partial charge on any atom is -0.493 e. The van der Waals surface area contributed by atoms with Gasteiger partial charge in [-0.2, -0.15) is 0 Å². The Balaban J connectivity index is 1.89. The number of nitrogens with one attached hydrogen (secondary N) is 1. The van der Waals surface area contributed by atoms with Crippen molar-refractivity contribution in [2.45, 2.75) is 13.0 Å². The van der Waals surface area contributed by atoms with Gasteiger partial charge in [-0.25, -0.2) is 4.39 Å². The van der Waals surface area contributed by atoms with E-state index >= 15 is 0 Å². The third-order valence-corrected chi connectivity index (χ3v) is 3.14. The monoisotopic (exact) mass is 290 g/mol. The zero-order valence-electron chi connectivity index (χ0n) is 12.2. The maximum Gasteiger partial charge on any atom is 0.183 e. The van der Waals surface area contributed by atoms with E-state index in [9.17, 15) is 4.39 Å². The molecule has 0 spiro atoms. The fourth-order valence-electron chi connectivity index (χ4n) is 2.11. The number of halogens is 1. The number of rotatable bonds is 7. The van der Waals surface area contributed by atoms with Gasteiger partial charge in [0.25, 0.3) is 0 Å². The molecular weight excluding hydrogens is 271 g/mol. The van der Waals surface area contributed by atoms with Gasteiger partial charge in [-0.3, -0.25) is 4.98 Å². The largest absolute Gasteiger partial charge is 0.493 e. The summed E-state index contributed by atoms with van der Waals surface area (Å²) in [7, 11) is 3.19. The molecule has 0 radical (unpaired) electrons. The Labute approximate surface area is 123 Å². The van der Waals surface area contributed by atoms with E-state index < -0.39 is 0 Å². The van der Waals surface area contributed by atoms with Crippen LogP contribution in [0.2, 0.25) is 0 Å². The van der Waals surface area contributed by atoms with Crippen LogP contribution in [0.5, 0.6) is 11.5 Å². The number of hydrogen-bond acceptors (Lipinski definition) is 4. The van der Waals surface area contributed by atoms with Gasteiger partial charge in [0.2, 0.25) is 0 Å². The summed E-state index contributed by atoms with van der Waals surface area (Å²) in [5.74, 6) is 1.09. The van der Waals surface area contributed by atoms with E-state index in [2.05, 4.69) is 10.3 Å². The molecule has 0 fully saturated rings. The van der Waals surface area contributed by atoms with Gasteiger partial charge in [-0.1, -0.05) is 12.1 Å². The van der Waals surface area contributed by atoms with Crippen LogP contribution in [-0.4, -0.2) is 25.7 Å². The average molecular weight is 290 g/mol. The zero-order valence-corrected chi connectivity index (χ0v) is 12.2. The molecule has 0 unspecified atom stereocenters. The molecule has 1 aromatic carbocycles. The van der Waals surface area contributed by atoms with Gasteiger partial charge in [0, 0.05) is 18.8 Å². The first-order valence-electron chi connectivity index (χ1n) is 6.75. The normalized spacial score (nSPS) is 10.4. The van der Waals surface area contributed by atoms with E-state index in [0.29, 0.717) is 18.0 Å². The molecule has 0 aliphatic rings. The number of pyridine rings is 1. The third-order valence-electron chi connectivity index (χ3n) is 3.14. The van der Waals surface area contributed by atoms with Crippen molar-refractivity contribution in [3.63, 3.8) is 0 Å². The fourth-order valence-corrected chi connectivity index (χ4v) is 2.11. The smallest absolute Gasteiger partial charge is 0.183 e. The molecule has 0 atom stereocenters. The van der Waals surface area contributed by atoms with Crippen LogP contribution in [0.4, 0.5) is 4.39 Å². The van der Waals surface area contributed by atoms with Crippen LogP contribution in [0.15, 0.2) is 36.5 Å². The molecule has 5 heteroatoms. The van der Waals surface area contributed by atoms with E-state index in [1.54, 1.807) is 38.6 Å². The maximum absolute atomic E-state index is 13.1. The Kier molecular flexibility index (Phi) is 5.51. The molecule has 2 rings (SSSR count). The molecule has 1 N–H and O–H groups in total. The predicted octanol–water partition coefficient (Wildman–Crippen LogP) is 2.57. The molecule has 0 saturated heterocycles. The molecule has 1 aromatic heterocycles. The van der Waals surface area contributed by atoms with Crippen LogP contribution < -0.4 is 14.8 Å². The second-order valence-corrected chi connectivity index (χ2v) is 4.55. The summed E-state index contributed by atoms with van der Waals surface area (Å²) in [5, 5.41) is 3.28. The highest BCUT2D eigenvalue weighted by Gasteiger charge is 2.10. The van der Waals surface area contributed by atoms with Crippen LogP contribution in [0.25, 0.3) is 0 Å². The molecule has 2 aromatic rings. The lowest BCUT2D eigenvalue weighted by molar-refractivity contribution is 0.348. The highest BCUT2D eigenvalue weighted by atomic mass is 19.1. The first-order chi connectivity index (χ1) is 10.2. The average Bonchev–Trinajstić information content (AvgIpc) is 2.51. The lowest BCUT2D eigenvalue weighted by atomic mass is 10.1. The lowest BCUT2D eigenvalue weighted by Crippen LogP contribution is -2.18. The van der Waals surface area contributed by atoms with Crippen LogP contribution in [-0.2, 0) is 13.0 Å². The van der Waals surface area contributed by atoms with Crippen LogP contribution in [0.1, 0.15) is 11.3 Å². The highest BCUT2D eigenvalue weighted by molar-refractivity contribution is 5.42. The Morgan fingerprint density at radius 2 is 2.05 bits per heavy atom. The van der Waals surface area contributed by atoms with Crippen molar-refractivity contribution in [2.24, 2.45) is 0 Å². The second-order valence-electron chi connectivity index (χ2n) is 4.55. The van der Waals surface area contributed by atoms with Crippen LogP contribution >= 0.6 is 0 Å². The topological polar surface area (TPSA) is 43.4 Å². The van der Waals surface area contributed by atoms with Gasteiger partial charge in [-0.15, -0.1) is 0 Å². The standard InChI is InChI=1S/C16H19FN2O2/c1-20-15-7-9-19-14(16(15)21-2)11-18-8-6-12-4-3-5-13(17)10-12/h3-5,7,9-10,18H,6,8,11H2,1-2H3. The molecular formula is C16H19FN2O2. The van der Waals surface area contributed by atoms with Gasteiger partial charge < -0.3 is 14.8 Å². The molecule has 0 amide bonds. The van der Waals surface area contributed by atoms with E-state index in [1.165, 1.54) is 6.07 Å². The zero-order chi connectivity index (χ0) is 15.1. The Bertz CT molecular complexity index is 590. The van der Waals surface area contributed by atoms with Gasteiger partial charge in [0.1, 0.15) is 5.82 Å². The molecule has 0 aliphatic carbocycles. The van der Waals surface area contributed by atoms with Crippen molar-refractivity contribution in [1.29, 1.82) is 0 Å². The molecule has 112 valence electrons. The van der Waals surface area contributed by atoms with Crippen molar-refractivity contribution in [1.82, 2.24) is 10.3 Å². The Morgan fingerprint density at radius 3 is 2.76 bits per heavy atom. The third kappa shape index (κ3) is 4.16. The molecule has 0 aliphatic heterocycles. The minimum atomic E-state index is -0.205. The maximum atomic E-state index is 13.1. The van der Waals surface area contributed by atoms with Gasteiger partial charge in [-0.05, 0) is 30.7 Å². The number of aromatic nitrogens is 1. The first-order valence-corrected chi connectivity index (χ1v) is 6.75. The molecule has 4 nitrogen and oxygen atoms in total. The second kappa shape index (κ2) is 7.59. The van der Waals surface area contributed by atoms with Gasteiger partial charge in [0.15, 0.2) is 11.5 Å². The summed E-state index contributed by atoms with van der Waals surface area (Å²) in [5.41, 5.74) is 1.75. The summed E-state index contributed by atoms with van der Waals surface area (Å²) < 4.78 is 23.6. The van der Waals surface area contributed by atoms with E-state index in [1.807, 2.05) is 6.07 Å². The van der Waals surface area contributed by atoms with Crippen molar-refractivity contribution in [3.8, 4) is 11.5 Å². The van der Waals surface area contributed by atoms with Gasteiger partial charge in [0.05, 0.1) is 19.9 Å². The fraction of sp³-hybridized carbons (Fsp3) is 0.312. The lowest BCUT2D eigenvalue weighted by Gasteiger charge is -2.12. The minimum absolute atomic E-state index is 0.205. The summed E-state index contributed by atoms with van der Waals surface area (Å²) in [4.78, 5) is 4.29. The number of ether oxygens (including phenoxy) is 2. The molecule has 1 heterocycles. The Morgan fingerprint density at radius 1 is 1.19 bits per heavy atom. The summed E-state index contributed by atoms with van der Waals surface area (Å²) in [6.07, 6.45) is 2.44. The van der Waals surface area contributed by atoms with Crippen molar-refractivity contribution in [2.75, 3.05) is 20.8 Å². The quantitative estimate of drug-likeness (QED) is 0.796. The molecule has 21 heavy (non-hydrogen) atoms. The van der Waals surface area contributed by atoms with E-state index in [4.69, 9.17) is 9.47 Å². The summed E-state index contributed by atoms with van der Waals surface area (Å²) in [6.45, 7) is 1.29. The number of methoxy groups -OCH3 is 2. The summed E-state index contributed by atoms with van der Waals surface area (Å²) >= 11 is 0. The number of benzene rings is 1. The van der Waals surface area contributed by atoms with E-state index in [0.717, 1.165) is 24.2 Å². The predicted molar refractivity (Wildman–Crippen MR) is 79.2 cm³/mol. The van der Waals surface area contributed by atoms with Crippen LogP contribution in [0, 0.1) is 5.82 Å². The van der Waals surface area contributed by atoms with Crippen molar-refractivity contribution >= 4 is 0 Å². The van der Waals surface area contributed by atoms with Crippen molar-refractivity contribution in [3.05, 3.63) is 53.6 Å². The number of nitrogens with zero attached hydrogens (tertiary/aromatic N) is 1. The highest BCUT2D eigenvalue weighted by Crippen LogP contribution is 2.28. The van der Waals surface area contributed by atoms with Crippen LogP contribution in [0.3, 0.4) is 0 Å². The van der Waals surface area contributed by atoms with Gasteiger partial charge >= 0.3 is 0 Å². The van der Waals surface area contributed by atoms with E-state index in [-0.39, 0.29) is 5.82 Å². The summed E-state index contributed by atoms with van der Waals surface area (Å²) in [6, 6.07) is 8.38.